The van der Waals surface area contributed by atoms with Gasteiger partial charge in [-0.3, -0.25) is 0 Å². The Morgan fingerprint density at radius 1 is 1.00 bits per heavy atom. The monoisotopic (exact) mass is 295 g/mol. The van der Waals surface area contributed by atoms with E-state index in [0.717, 1.165) is 17.7 Å². The minimum atomic E-state index is -4.34. The number of nitrogens with one attached hydrogen (secondary N) is 1. The van der Waals surface area contributed by atoms with Crippen LogP contribution in [0.4, 0.5) is 18.9 Å². The van der Waals surface area contributed by atoms with E-state index in [1.54, 1.807) is 12.1 Å². The third kappa shape index (κ3) is 3.98. The summed E-state index contributed by atoms with van der Waals surface area (Å²) in [6.45, 7) is 0.394. The number of carboxylic acid groups (broad SMARTS) is 1. The summed E-state index contributed by atoms with van der Waals surface area (Å²) >= 11 is 0. The number of hydrogen-bond donors (Lipinski definition) is 2. The number of hydrogen-bond acceptors (Lipinski definition) is 2. The molecular formula is C15H12F3NO2. The molecule has 0 atom stereocenters. The first-order valence-electron chi connectivity index (χ1n) is 6.09. The number of alkyl halides is 3. The van der Waals surface area contributed by atoms with Crippen LogP contribution in [0, 0.1) is 0 Å². The largest absolute Gasteiger partial charge is 0.478 e. The fourth-order valence-electron chi connectivity index (χ4n) is 1.75. The Balaban J connectivity index is 1.98. The van der Waals surface area contributed by atoms with Crippen LogP contribution < -0.4 is 5.32 Å². The number of aromatic carboxylic acids is 1. The number of carbonyl (C=O) groups is 1. The van der Waals surface area contributed by atoms with Gasteiger partial charge in [-0.25, -0.2) is 4.79 Å². The molecule has 0 heterocycles. The maximum absolute atomic E-state index is 12.4. The molecule has 21 heavy (non-hydrogen) atoms. The predicted molar refractivity (Wildman–Crippen MR) is 72.2 cm³/mol. The molecule has 0 unspecified atom stereocenters. The normalized spacial score (nSPS) is 11.2. The summed E-state index contributed by atoms with van der Waals surface area (Å²) in [6, 6.07) is 11.0. The van der Waals surface area contributed by atoms with Gasteiger partial charge in [-0.2, -0.15) is 13.2 Å². The standard InChI is InChI=1S/C15H12F3NO2/c16-15(17,18)12-5-7-13(8-6-12)19-9-10-1-3-11(4-2-10)14(20)21/h1-8,19H,9H2,(H,20,21). The summed E-state index contributed by atoms with van der Waals surface area (Å²) in [6.07, 6.45) is -4.34. The van der Waals surface area contributed by atoms with E-state index < -0.39 is 17.7 Å². The van der Waals surface area contributed by atoms with Crippen molar-refractivity contribution in [2.75, 3.05) is 5.32 Å². The predicted octanol–water partition coefficient (Wildman–Crippen LogP) is 4.02. The van der Waals surface area contributed by atoms with Crippen molar-refractivity contribution in [3.63, 3.8) is 0 Å². The van der Waals surface area contributed by atoms with Crippen molar-refractivity contribution in [1.29, 1.82) is 0 Å². The average molecular weight is 295 g/mol. The summed E-state index contributed by atoms with van der Waals surface area (Å²) in [5.74, 6) is -1.00. The second kappa shape index (κ2) is 5.87. The highest BCUT2D eigenvalue weighted by Crippen LogP contribution is 2.29. The molecule has 2 N–H and O–H groups in total. The van der Waals surface area contributed by atoms with Gasteiger partial charge < -0.3 is 10.4 Å². The highest BCUT2D eigenvalue weighted by molar-refractivity contribution is 5.87. The molecule has 3 nitrogen and oxygen atoms in total. The SMILES string of the molecule is O=C(O)c1ccc(CNc2ccc(C(F)(F)F)cc2)cc1. The molecule has 0 aliphatic carbocycles. The summed E-state index contributed by atoms with van der Waals surface area (Å²) in [7, 11) is 0. The zero-order valence-corrected chi connectivity index (χ0v) is 10.8. The number of rotatable bonds is 4. The van der Waals surface area contributed by atoms with Crippen molar-refractivity contribution < 1.29 is 23.1 Å². The van der Waals surface area contributed by atoms with E-state index in [0.29, 0.717) is 12.2 Å². The molecule has 0 fully saturated rings. The van der Waals surface area contributed by atoms with Gasteiger partial charge in [0, 0.05) is 12.2 Å². The van der Waals surface area contributed by atoms with Gasteiger partial charge in [0.15, 0.2) is 0 Å². The maximum atomic E-state index is 12.4. The highest BCUT2D eigenvalue weighted by atomic mass is 19.4. The van der Waals surface area contributed by atoms with E-state index in [2.05, 4.69) is 5.32 Å². The lowest BCUT2D eigenvalue weighted by molar-refractivity contribution is -0.137. The first kappa shape index (κ1) is 14.9. The first-order valence-corrected chi connectivity index (χ1v) is 6.09. The van der Waals surface area contributed by atoms with Gasteiger partial charge in [0.1, 0.15) is 0 Å². The van der Waals surface area contributed by atoms with E-state index in [-0.39, 0.29) is 5.56 Å². The Morgan fingerprint density at radius 2 is 1.57 bits per heavy atom. The lowest BCUT2D eigenvalue weighted by atomic mass is 10.1. The van der Waals surface area contributed by atoms with Gasteiger partial charge in [-0.05, 0) is 42.0 Å². The van der Waals surface area contributed by atoms with Crippen LogP contribution in [0.15, 0.2) is 48.5 Å². The van der Waals surface area contributed by atoms with Gasteiger partial charge in [0.2, 0.25) is 0 Å². The van der Waals surface area contributed by atoms with Gasteiger partial charge in [0.05, 0.1) is 11.1 Å². The smallest absolute Gasteiger partial charge is 0.416 e. The van der Waals surface area contributed by atoms with Crippen LogP contribution in [0.1, 0.15) is 21.5 Å². The second-order valence-corrected chi connectivity index (χ2v) is 4.43. The molecule has 0 spiro atoms. The molecule has 0 aromatic heterocycles. The summed E-state index contributed by atoms with van der Waals surface area (Å²) < 4.78 is 37.2. The molecular weight excluding hydrogens is 283 g/mol. The summed E-state index contributed by atoms with van der Waals surface area (Å²) in [4.78, 5) is 10.7. The van der Waals surface area contributed by atoms with Crippen LogP contribution in [0.5, 0.6) is 0 Å². The third-order valence-corrected chi connectivity index (χ3v) is 2.91. The van der Waals surface area contributed by atoms with E-state index in [1.807, 2.05) is 0 Å². The van der Waals surface area contributed by atoms with Crippen LogP contribution >= 0.6 is 0 Å². The molecule has 6 heteroatoms. The van der Waals surface area contributed by atoms with Gasteiger partial charge in [-0.1, -0.05) is 12.1 Å². The fourth-order valence-corrected chi connectivity index (χ4v) is 1.75. The van der Waals surface area contributed by atoms with Crippen LogP contribution in [0.25, 0.3) is 0 Å². The van der Waals surface area contributed by atoms with Crippen molar-refractivity contribution in [1.82, 2.24) is 0 Å². The maximum Gasteiger partial charge on any atom is 0.416 e. The fraction of sp³-hybridized carbons (Fsp3) is 0.133. The van der Waals surface area contributed by atoms with Crippen LogP contribution in [0.3, 0.4) is 0 Å². The third-order valence-electron chi connectivity index (χ3n) is 2.91. The summed E-state index contributed by atoms with van der Waals surface area (Å²) in [5.41, 5.74) is 0.886. The average Bonchev–Trinajstić information content (AvgIpc) is 2.45. The molecule has 0 saturated carbocycles. The van der Waals surface area contributed by atoms with E-state index in [9.17, 15) is 18.0 Å². The molecule has 2 aromatic carbocycles. The highest BCUT2D eigenvalue weighted by Gasteiger charge is 2.29. The molecule has 110 valence electrons. The first-order chi connectivity index (χ1) is 9.86. The van der Waals surface area contributed by atoms with Gasteiger partial charge in [0.25, 0.3) is 0 Å². The molecule has 0 aliphatic rings. The Labute approximate surface area is 119 Å². The van der Waals surface area contributed by atoms with Gasteiger partial charge in [-0.15, -0.1) is 0 Å². The molecule has 0 aliphatic heterocycles. The van der Waals surface area contributed by atoms with E-state index in [4.69, 9.17) is 5.11 Å². The number of halogens is 3. The quantitative estimate of drug-likeness (QED) is 0.895. The zero-order valence-electron chi connectivity index (χ0n) is 10.8. The molecule has 2 rings (SSSR count). The second-order valence-electron chi connectivity index (χ2n) is 4.43. The number of carboxylic acids is 1. The number of anilines is 1. The molecule has 2 aromatic rings. The van der Waals surface area contributed by atoms with E-state index >= 15 is 0 Å². The zero-order chi connectivity index (χ0) is 15.5. The number of benzene rings is 2. The van der Waals surface area contributed by atoms with Gasteiger partial charge >= 0.3 is 12.1 Å². The Morgan fingerprint density at radius 3 is 2.05 bits per heavy atom. The van der Waals surface area contributed by atoms with E-state index in [1.165, 1.54) is 24.3 Å². The van der Waals surface area contributed by atoms with Crippen molar-refractivity contribution in [2.45, 2.75) is 12.7 Å². The van der Waals surface area contributed by atoms with Crippen molar-refractivity contribution >= 4 is 11.7 Å². The minimum Gasteiger partial charge on any atom is -0.478 e. The molecule has 0 saturated heterocycles. The Kier molecular flexibility index (Phi) is 4.16. The Bertz CT molecular complexity index is 619. The summed E-state index contributed by atoms with van der Waals surface area (Å²) in [5, 5.41) is 11.7. The minimum absolute atomic E-state index is 0.188. The van der Waals surface area contributed by atoms with Crippen molar-refractivity contribution in [3.8, 4) is 0 Å². The molecule has 0 amide bonds. The van der Waals surface area contributed by atoms with Crippen LogP contribution in [-0.4, -0.2) is 11.1 Å². The Hall–Kier alpha value is -2.50. The van der Waals surface area contributed by atoms with Crippen LogP contribution in [0.2, 0.25) is 0 Å². The van der Waals surface area contributed by atoms with Crippen molar-refractivity contribution in [2.24, 2.45) is 0 Å². The van der Waals surface area contributed by atoms with Crippen LogP contribution in [-0.2, 0) is 12.7 Å². The molecule has 0 bridgehead atoms. The van der Waals surface area contributed by atoms with Crippen molar-refractivity contribution in [3.05, 3.63) is 65.2 Å². The topological polar surface area (TPSA) is 49.3 Å². The lowest BCUT2D eigenvalue weighted by Gasteiger charge is -2.09. The lowest BCUT2D eigenvalue weighted by Crippen LogP contribution is -2.05. The molecule has 0 radical (unpaired) electrons.